The van der Waals surface area contributed by atoms with Gasteiger partial charge in [0.15, 0.2) is 0 Å². The van der Waals surface area contributed by atoms with Gasteiger partial charge in [-0.15, -0.1) is 0 Å². The van der Waals surface area contributed by atoms with Crippen LogP contribution in [-0.2, 0) is 22.5 Å². The largest absolute Gasteiger partial charge is 0.379 e. The molecule has 36 heavy (non-hydrogen) atoms. The second-order valence-electron chi connectivity index (χ2n) is 9.61. The SMILES string of the molecule is [2H][C@@]1(N2C(=O)c3cccc4c(Cc5ccc(CN6CCOCC6)cc5F)ccc2c34)CCC(=C)NC1=O. The van der Waals surface area contributed by atoms with Crippen molar-refractivity contribution in [3.8, 4) is 0 Å². The molecule has 2 saturated heterocycles. The average molecular weight is 487 g/mol. The zero-order valence-electron chi connectivity index (χ0n) is 21.0. The number of allylic oxidation sites excluding steroid dienone is 1. The molecule has 0 aliphatic carbocycles. The monoisotopic (exact) mass is 486 g/mol. The number of anilines is 1. The zero-order chi connectivity index (χ0) is 25.7. The summed E-state index contributed by atoms with van der Waals surface area (Å²) < 4.78 is 29.5. The van der Waals surface area contributed by atoms with Gasteiger partial charge in [-0.1, -0.05) is 36.9 Å². The Morgan fingerprint density at radius 3 is 2.69 bits per heavy atom. The molecule has 1 atom stereocenters. The number of rotatable bonds is 5. The van der Waals surface area contributed by atoms with Crippen LogP contribution in [0.5, 0.6) is 0 Å². The van der Waals surface area contributed by atoms with E-state index in [0.717, 1.165) is 29.6 Å². The molecular formula is C29H28FN3O3. The van der Waals surface area contributed by atoms with Gasteiger partial charge in [-0.2, -0.15) is 0 Å². The molecule has 3 aliphatic heterocycles. The van der Waals surface area contributed by atoms with Crippen molar-refractivity contribution >= 4 is 28.3 Å². The fraction of sp³-hybridized carbons (Fsp3) is 0.310. The lowest BCUT2D eigenvalue weighted by Crippen LogP contribution is -2.51. The van der Waals surface area contributed by atoms with Crippen molar-refractivity contribution in [2.24, 2.45) is 0 Å². The molecule has 3 aliphatic rings. The molecule has 7 heteroatoms. The van der Waals surface area contributed by atoms with E-state index in [4.69, 9.17) is 6.11 Å². The number of amides is 2. The summed E-state index contributed by atoms with van der Waals surface area (Å²) >= 11 is 0. The number of ether oxygens (including phenoxy) is 1. The van der Waals surface area contributed by atoms with Gasteiger partial charge in [0, 0.05) is 42.7 Å². The Labute approximate surface area is 210 Å². The second kappa shape index (κ2) is 9.15. The third-order valence-corrected chi connectivity index (χ3v) is 7.28. The molecule has 0 spiro atoms. The maximum atomic E-state index is 15.2. The Hall–Kier alpha value is -3.55. The third kappa shape index (κ3) is 3.98. The summed E-state index contributed by atoms with van der Waals surface area (Å²) in [6.45, 7) is 7.57. The van der Waals surface area contributed by atoms with E-state index in [9.17, 15) is 9.59 Å². The van der Waals surface area contributed by atoms with Crippen molar-refractivity contribution in [1.82, 2.24) is 10.2 Å². The highest BCUT2D eigenvalue weighted by Crippen LogP contribution is 2.41. The molecule has 3 heterocycles. The molecular weight excluding hydrogens is 457 g/mol. The van der Waals surface area contributed by atoms with Gasteiger partial charge in [0.25, 0.3) is 5.91 Å². The molecule has 3 aromatic carbocycles. The first-order chi connectivity index (χ1) is 17.8. The summed E-state index contributed by atoms with van der Waals surface area (Å²) in [6, 6.07) is 12.8. The number of morpholine rings is 1. The van der Waals surface area contributed by atoms with Crippen LogP contribution in [0.4, 0.5) is 10.1 Å². The van der Waals surface area contributed by atoms with E-state index in [-0.39, 0.29) is 18.1 Å². The van der Waals surface area contributed by atoms with E-state index in [1.54, 1.807) is 24.3 Å². The predicted molar refractivity (Wildman–Crippen MR) is 136 cm³/mol. The van der Waals surface area contributed by atoms with Crippen molar-refractivity contribution in [2.45, 2.75) is 31.8 Å². The number of piperidine rings is 1. The van der Waals surface area contributed by atoms with E-state index in [1.165, 1.54) is 4.90 Å². The van der Waals surface area contributed by atoms with Gasteiger partial charge < -0.3 is 10.1 Å². The first kappa shape index (κ1) is 21.7. The Morgan fingerprint density at radius 1 is 1.11 bits per heavy atom. The highest BCUT2D eigenvalue weighted by Gasteiger charge is 2.40. The van der Waals surface area contributed by atoms with Crippen LogP contribution in [0.3, 0.4) is 0 Å². The summed E-state index contributed by atoms with van der Waals surface area (Å²) in [4.78, 5) is 29.8. The molecule has 0 saturated carbocycles. The number of carbonyl (C=O) groups excluding carboxylic acids is 2. The number of halogens is 1. The van der Waals surface area contributed by atoms with Gasteiger partial charge in [-0.3, -0.25) is 19.4 Å². The molecule has 2 amide bonds. The number of benzene rings is 3. The van der Waals surface area contributed by atoms with Gasteiger partial charge in [-0.25, -0.2) is 4.39 Å². The topological polar surface area (TPSA) is 61.9 Å². The van der Waals surface area contributed by atoms with Crippen molar-refractivity contribution in [2.75, 3.05) is 31.2 Å². The summed E-state index contributed by atoms with van der Waals surface area (Å²) in [7, 11) is 0. The van der Waals surface area contributed by atoms with E-state index in [2.05, 4.69) is 16.8 Å². The van der Waals surface area contributed by atoms with Crippen LogP contribution in [-0.4, -0.2) is 49.0 Å². The minimum Gasteiger partial charge on any atom is -0.379 e. The van der Waals surface area contributed by atoms with Crippen LogP contribution < -0.4 is 10.2 Å². The van der Waals surface area contributed by atoms with E-state index in [0.29, 0.717) is 60.5 Å². The molecule has 2 fully saturated rings. The number of hydrogen-bond acceptors (Lipinski definition) is 4. The third-order valence-electron chi connectivity index (χ3n) is 7.28. The smallest absolute Gasteiger partial charge is 0.259 e. The van der Waals surface area contributed by atoms with Gasteiger partial charge in [0.05, 0.1) is 20.3 Å². The number of nitrogens with one attached hydrogen (secondary N) is 1. The summed E-state index contributed by atoms with van der Waals surface area (Å²) in [5.41, 5.74) is 3.94. The highest BCUT2D eigenvalue weighted by molar-refractivity contribution is 6.27. The van der Waals surface area contributed by atoms with Gasteiger partial charge in [0.2, 0.25) is 5.91 Å². The van der Waals surface area contributed by atoms with E-state index in [1.807, 2.05) is 24.3 Å². The first-order valence-corrected chi connectivity index (χ1v) is 12.3. The van der Waals surface area contributed by atoms with Gasteiger partial charge in [0.1, 0.15) is 11.8 Å². The van der Waals surface area contributed by atoms with Crippen LogP contribution >= 0.6 is 0 Å². The summed E-state index contributed by atoms with van der Waals surface area (Å²) in [5, 5.41) is 4.17. The maximum absolute atomic E-state index is 15.2. The van der Waals surface area contributed by atoms with Crippen LogP contribution in [0.2, 0.25) is 0 Å². The number of nitrogens with zero attached hydrogens (tertiary/aromatic N) is 2. The van der Waals surface area contributed by atoms with Crippen LogP contribution in [0.15, 0.2) is 60.8 Å². The van der Waals surface area contributed by atoms with E-state index < -0.39 is 11.9 Å². The lowest BCUT2D eigenvalue weighted by molar-refractivity contribution is -0.122. The Balaban J connectivity index is 1.32. The first-order valence-electron chi connectivity index (χ1n) is 12.8. The van der Waals surface area contributed by atoms with Gasteiger partial charge >= 0.3 is 0 Å². The second-order valence-corrected chi connectivity index (χ2v) is 9.61. The lowest BCUT2D eigenvalue weighted by atomic mass is 9.95. The van der Waals surface area contributed by atoms with Crippen molar-refractivity contribution in [3.05, 3.63) is 88.9 Å². The van der Waals surface area contributed by atoms with Crippen molar-refractivity contribution in [3.63, 3.8) is 0 Å². The van der Waals surface area contributed by atoms with Crippen LogP contribution in [0.25, 0.3) is 10.8 Å². The Morgan fingerprint density at radius 2 is 1.92 bits per heavy atom. The zero-order valence-corrected chi connectivity index (χ0v) is 20.0. The van der Waals surface area contributed by atoms with Gasteiger partial charge in [-0.05, 0) is 53.1 Å². The number of hydrogen-bond donors (Lipinski definition) is 1. The molecule has 3 aromatic rings. The van der Waals surface area contributed by atoms with Crippen LogP contribution in [0, 0.1) is 5.82 Å². The normalized spacial score (nSPS) is 22.8. The van der Waals surface area contributed by atoms with Crippen LogP contribution in [0.1, 0.15) is 41.3 Å². The standard InChI is InChI=1S/C29H28FN3O3/c1-18-5-9-26(28(34)31-18)33-25-10-8-20(22-3-2-4-23(27(22)25)29(33)35)16-21-7-6-19(15-24(21)30)17-32-11-13-36-14-12-32/h2-4,6-8,10,15,26H,1,5,9,11-14,16-17H2,(H,31,34)/t26-/m1/s1/i26D. The molecule has 6 nitrogen and oxygen atoms in total. The minimum atomic E-state index is -1.76. The fourth-order valence-electron chi connectivity index (χ4n) is 5.41. The summed E-state index contributed by atoms with van der Waals surface area (Å²) in [6.07, 6.45) is 0.963. The molecule has 0 aromatic heterocycles. The Kier molecular flexibility index (Phi) is 5.52. The summed E-state index contributed by atoms with van der Waals surface area (Å²) in [5.74, 6) is -1.17. The maximum Gasteiger partial charge on any atom is 0.259 e. The number of carbonyl (C=O) groups is 2. The van der Waals surface area contributed by atoms with Crippen molar-refractivity contribution in [1.29, 1.82) is 0 Å². The van der Waals surface area contributed by atoms with E-state index >= 15 is 4.39 Å². The molecule has 0 bridgehead atoms. The predicted octanol–water partition coefficient (Wildman–Crippen LogP) is 4.15. The minimum absolute atomic E-state index is 0.169. The fourth-order valence-corrected chi connectivity index (χ4v) is 5.41. The molecule has 0 radical (unpaired) electrons. The average Bonchev–Trinajstić information content (AvgIpc) is 3.19. The Bertz CT molecular complexity index is 1450. The molecule has 6 rings (SSSR count). The highest BCUT2D eigenvalue weighted by atomic mass is 19.1. The lowest BCUT2D eigenvalue weighted by Gasteiger charge is -2.31. The quantitative estimate of drug-likeness (QED) is 0.589. The van der Waals surface area contributed by atoms with Crippen molar-refractivity contribution < 1.29 is 20.1 Å². The molecule has 0 unspecified atom stereocenters. The molecule has 184 valence electrons. The molecule has 1 N–H and O–H groups in total.